The van der Waals surface area contributed by atoms with Gasteiger partial charge in [-0.25, -0.2) is 17.5 Å². The summed E-state index contributed by atoms with van der Waals surface area (Å²) in [7, 11) is -3.51. The van der Waals surface area contributed by atoms with E-state index in [0.717, 1.165) is 6.07 Å². The van der Waals surface area contributed by atoms with Crippen molar-refractivity contribution < 1.29 is 17.9 Å². The number of aliphatic hydroxyl groups excluding tert-OH is 1. The molecule has 0 saturated heterocycles. The lowest BCUT2D eigenvalue weighted by atomic mass is 10.1. The second kappa shape index (κ2) is 7.36. The molecule has 7 heteroatoms. The molecule has 1 aromatic rings. The molecule has 0 spiro atoms. The Morgan fingerprint density at radius 1 is 1.40 bits per heavy atom. The van der Waals surface area contributed by atoms with Crippen LogP contribution in [0, 0.1) is 11.7 Å². The molecule has 0 aliphatic carbocycles. The van der Waals surface area contributed by atoms with Crippen LogP contribution in [0.2, 0.25) is 5.02 Å². The molecule has 0 aliphatic heterocycles. The van der Waals surface area contributed by atoms with Crippen LogP contribution < -0.4 is 4.72 Å². The molecule has 0 aromatic heterocycles. The molecule has 2 unspecified atom stereocenters. The first kappa shape index (κ1) is 17.4. The molecule has 1 rings (SSSR count). The van der Waals surface area contributed by atoms with Crippen molar-refractivity contribution in [2.75, 3.05) is 6.54 Å². The summed E-state index contributed by atoms with van der Waals surface area (Å²) in [6.07, 6.45) is 0.0515. The van der Waals surface area contributed by atoms with Gasteiger partial charge < -0.3 is 5.11 Å². The van der Waals surface area contributed by atoms with E-state index in [0.29, 0.717) is 12.0 Å². The monoisotopic (exact) mass is 323 g/mol. The summed E-state index contributed by atoms with van der Waals surface area (Å²) >= 11 is 5.61. The highest BCUT2D eigenvalue weighted by molar-refractivity contribution is 7.88. The van der Waals surface area contributed by atoms with Gasteiger partial charge in [0.25, 0.3) is 0 Å². The molecule has 0 fully saturated rings. The van der Waals surface area contributed by atoms with Crippen molar-refractivity contribution in [1.82, 2.24) is 4.72 Å². The summed E-state index contributed by atoms with van der Waals surface area (Å²) in [4.78, 5) is 0. The van der Waals surface area contributed by atoms with Crippen molar-refractivity contribution in [3.05, 3.63) is 34.6 Å². The summed E-state index contributed by atoms with van der Waals surface area (Å²) in [5.41, 5.74) is 0.423. The van der Waals surface area contributed by atoms with Crippen LogP contribution in [0.5, 0.6) is 0 Å². The first-order chi connectivity index (χ1) is 9.19. The maximum absolute atomic E-state index is 13.0. The summed E-state index contributed by atoms with van der Waals surface area (Å²) in [5.74, 6) is -0.804. The number of sulfonamides is 1. The van der Waals surface area contributed by atoms with Crippen LogP contribution in [0.1, 0.15) is 25.8 Å². The quantitative estimate of drug-likeness (QED) is 0.809. The molecule has 20 heavy (non-hydrogen) atoms. The van der Waals surface area contributed by atoms with Gasteiger partial charge in [0.15, 0.2) is 0 Å². The Bertz CT molecular complexity index is 549. The first-order valence-corrected chi connectivity index (χ1v) is 8.32. The van der Waals surface area contributed by atoms with E-state index < -0.39 is 21.9 Å². The molecule has 4 nitrogen and oxygen atoms in total. The van der Waals surface area contributed by atoms with Crippen LogP contribution in [-0.2, 0) is 15.8 Å². The van der Waals surface area contributed by atoms with Crippen LogP contribution in [-0.4, -0.2) is 26.2 Å². The molecule has 2 N–H and O–H groups in total. The zero-order valence-corrected chi connectivity index (χ0v) is 13.0. The minimum absolute atomic E-state index is 0.0292. The SMILES string of the molecule is CC(O)CC(C)CNS(=O)(=O)Cc1ccc(F)c(Cl)c1. The van der Waals surface area contributed by atoms with Crippen LogP contribution in [0.25, 0.3) is 0 Å². The summed E-state index contributed by atoms with van der Waals surface area (Å²) in [6, 6.07) is 3.83. The van der Waals surface area contributed by atoms with Gasteiger partial charge in [-0.05, 0) is 37.0 Å². The van der Waals surface area contributed by atoms with Gasteiger partial charge >= 0.3 is 0 Å². The standard InChI is InChI=1S/C13H19ClFNO3S/c1-9(5-10(2)17)7-16-20(18,19)8-11-3-4-13(15)12(14)6-11/h3-4,6,9-10,16-17H,5,7-8H2,1-2H3. The second-order valence-electron chi connectivity index (χ2n) is 5.05. The topological polar surface area (TPSA) is 66.4 Å². The van der Waals surface area contributed by atoms with Crippen LogP contribution in [0.4, 0.5) is 4.39 Å². The fourth-order valence-corrected chi connectivity index (χ4v) is 3.30. The minimum Gasteiger partial charge on any atom is -0.393 e. The highest BCUT2D eigenvalue weighted by atomic mass is 35.5. The average Bonchev–Trinajstić information content (AvgIpc) is 2.30. The Morgan fingerprint density at radius 3 is 2.60 bits per heavy atom. The van der Waals surface area contributed by atoms with Crippen molar-refractivity contribution in [2.45, 2.75) is 32.1 Å². The lowest BCUT2D eigenvalue weighted by molar-refractivity contribution is 0.165. The highest BCUT2D eigenvalue weighted by Gasteiger charge is 2.15. The predicted octanol–water partition coefficient (Wildman–Crippen LogP) is 2.31. The first-order valence-electron chi connectivity index (χ1n) is 6.29. The summed E-state index contributed by atoms with van der Waals surface area (Å²) in [5, 5.41) is 9.12. The molecular weight excluding hydrogens is 305 g/mol. The van der Waals surface area contributed by atoms with E-state index >= 15 is 0 Å². The number of benzene rings is 1. The van der Waals surface area contributed by atoms with Gasteiger partial charge in [-0.2, -0.15) is 0 Å². The van der Waals surface area contributed by atoms with E-state index in [1.165, 1.54) is 12.1 Å². The largest absolute Gasteiger partial charge is 0.393 e. The number of rotatable bonds is 7. The number of halogens is 2. The maximum atomic E-state index is 13.0. The smallest absolute Gasteiger partial charge is 0.215 e. The fourth-order valence-electron chi connectivity index (χ4n) is 1.83. The normalized spacial score (nSPS) is 15.1. The third kappa shape index (κ3) is 6.17. The Morgan fingerprint density at radius 2 is 2.05 bits per heavy atom. The molecular formula is C13H19ClFNO3S. The number of hydrogen-bond acceptors (Lipinski definition) is 3. The fraction of sp³-hybridized carbons (Fsp3) is 0.538. The van der Waals surface area contributed by atoms with Gasteiger partial charge in [-0.15, -0.1) is 0 Å². The molecule has 114 valence electrons. The maximum Gasteiger partial charge on any atom is 0.215 e. The lowest BCUT2D eigenvalue weighted by Gasteiger charge is -2.14. The van der Waals surface area contributed by atoms with Gasteiger partial charge in [0, 0.05) is 6.54 Å². The Balaban J connectivity index is 2.59. The van der Waals surface area contributed by atoms with Crippen LogP contribution >= 0.6 is 11.6 Å². The van der Waals surface area contributed by atoms with Crippen molar-refractivity contribution in [1.29, 1.82) is 0 Å². The second-order valence-corrected chi connectivity index (χ2v) is 7.26. The van der Waals surface area contributed by atoms with E-state index in [4.69, 9.17) is 11.6 Å². The Labute approximate surface area is 124 Å². The van der Waals surface area contributed by atoms with Crippen LogP contribution in [0.15, 0.2) is 18.2 Å². The van der Waals surface area contributed by atoms with Gasteiger partial charge in [0.1, 0.15) is 5.82 Å². The Kier molecular flexibility index (Phi) is 6.39. The summed E-state index contributed by atoms with van der Waals surface area (Å²) < 4.78 is 39.2. The van der Waals surface area contributed by atoms with E-state index in [1.54, 1.807) is 6.92 Å². The lowest BCUT2D eigenvalue weighted by Crippen LogP contribution is -2.30. The van der Waals surface area contributed by atoms with Gasteiger partial charge in [0.2, 0.25) is 10.0 Å². The zero-order chi connectivity index (χ0) is 15.3. The van der Waals surface area contributed by atoms with E-state index in [1.807, 2.05) is 6.92 Å². The van der Waals surface area contributed by atoms with Crippen molar-refractivity contribution in [2.24, 2.45) is 5.92 Å². The Hall–Kier alpha value is -0.690. The van der Waals surface area contributed by atoms with Gasteiger partial charge in [-0.3, -0.25) is 0 Å². The molecule has 0 heterocycles. The third-order valence-corrected chi connectivity index (χ3v) is 4.35. The molecule has 0 saturated carbocycles. The van der Waals surface area contributed by atoms with E-state index in [2.05, 4.69) is 4.72 Å². The number of hydrogen-bond donors (Lipinski definition) is 2. The summed E-state index contributed by atoms with van der Waals surface area (Å²) in [6.45, 7) is 3.76. The number of nitrogens with one attached hydrogen (secondary N) is 1. The van der Waals surface area contributed by atoms with Gasteiger partial charge in [-0.1, -0.05) is 24.6 Å². The molecule has 0 bridgehead atoms. The molecule has 0 amide bonds. The molecule has 1 aromatic carbocycles. The molecule has 0 aliphatic rings. The van der Waals surface area contributed by atoms with Crippen LogP contribution in [0.3, 0.4) is 0 Å². The highest BCUT2D eigenvalue weighted by Crippen LogP contribution is 2.17. The average molecular weight is 324 g/mol. The van der Waals surface area contributed by atoms with Crippen molar-refractivity contribution in [3.63, 3.8) is 0 Å². The number of aliphatic hydroxyl groups is 1. The molecule has 0 radical (unpaired) electrons. The minimum atomic E-state index is -3.51. The zero-order valence-electron chi connectivity index (χ0n) is 11.4. The van der Waals surface area contributed by atoms with Crippen molar-refractivity contribution >= 4 is 21.6 Å². The van der Waals surface area contributed by atoms with Gasteiger partial charge in [0.05, 0.1) is 16.9 Å². The van der Waals surface area contributed by atoms with Crippen molar-refractivity contribution in [3.8, 4) is 0 Å². The van der Waals surface area contributed by atoms with E-state index in [9.17, 15) is 17.9 Å². The predicted molar refractivity (Wildman–Crippen MR) is 77.5 cm³/mol. The molecule has 2 atom stereocenters. The van der Waals surface area contributed by atoms with E-state index in [-0.39, 0.29) is 23.2 Å². The third-order valence-electron chi connectivity index (χ3n) is 2.74.